The molecule has 4 aromatic rings. The number of pyridine rings is 1. The lowest BCUT2D eigenvalue weighted by molar-refractivity contribution is 0.349. The van der Waals surface area contributed by atoms with Crippen molar-refractivity contribution in [1.29, 1.82) is 5.26 Å². The van der Waals surface area contributed by atoms with Crippen LogP contribution in [-0.2, 0) is 4.53 Å². The van der Waals surface area contributed by atoms with E-state index in [0.29, 0.717) is 16.8 Å². The summed E-state index contributed by atoms with van der Waals surface area (Å²) < 4.78 is 6.59. The van der Waals surface area contributed by atoms with Gasteiger partial charge in [0.1, 0.15) is 0 Å². The number of benzene rings is 3. The first-order valence-corrected chi connectivity index (χ1v) is 11.9. The Hall–Kier alpha value is -4.01. The summed E-state index contributed by atoms with van der Waals surface area (Å²) in [5, 5.41) is 17.3. The van der Waals surface area contributed by atoms with Crippen LogP contribution < -0.4 is 15.6 Å². The van der Waals surface area contributed by atoms with E-state index >= 15 is 0 Å². The lowest BCUT2D eigenvalue weighted by atomic mass is 10.1. The van der Waals surface area contributed by atoms with Gasteiger partial charge >= 0.3 is 8.32 Å². The van der Waals surface area contributed by atoms with E-state index in [9.17, 15) is 5.26 Å². The van der Waals surface area contributed by atoms with Gasteiger partial charge in [-0.3, -0.25) is 4.98 Å². The summed E-state index contributed by atoms with van der Waals surface area (Å²) in [6, 6.07) is 34.6. The summed E-state index contributed by atoms with van der Waals surface area (Å²) in [4.78, 5) is 4.16. The zero-order valence-corrected chi connectivity index (χ0v) is 18.1. The molecular formula is C26H21N3OSi. The van der Waals surface area contributed by atoms with Gasteiger partial charge in [-0.2, -0.15) is 5.26 Å². The van der Waals surface area contributed by atoms with Crippen LogP contribution in [0.15, 0.2) is 115 Å². The van der Waals surface area contributed by atoms with Gasteiger partial charge < -0.3 is 4.53 Å². The molecule has 0 aliphatic carbocycles. The van der Waals surface area contributed by atoms with E-state index in [0.717, 1.165) is 15.6 Å². The van der Waals surface area contributed by atoms with Crippen LogP contribution in [0.2, 0.25) is 0 Å². The summed E-state index contributed by atoms with van der Waals surface area (Å²) >= 11 is 0. The Morgan fingerprint density at radius 2 is 1.29 bits per heavy atom. The van der Waals surface area contributed by atoms with Crippen LogP contribution in [0.1, 0.15) is 18.1 Å². The van der Waals surface area contributed by atoms with E-state index in [4.69, 9.17) is 4.53 Å². The van der Waals surface area contributed by atoms with Gasteiger partial charge in [-0.05, 0) is 28.6 Å². The monoisotopic (exact) mass is 419 g/mol. The number of nitriles is 1. The average Bonchev–Trinajstić information content (AvgIpc) is 2.86. The quantitative estimate of drug-likeness (QED) is 0.208. The van der Waals surface area contributed by atoms with Gasteiger partial charge in [-0.25, -0.2) is 0 Å². The lowest BCUT2D eigenvalue weighted by Crippen LogP contribution is -2.68. The molecule has 31 heavy (non-hydrogen) atoms. The van der Waals surface area contributed by atoms with Crippen molar-refractivity contribution in [2.75, 3.05) is 0 Å². The van der Waals surface area contributed by atoms with Crippen LogP contribution in [0.5, 0.6) is 0 Å². The number of oxime groups is 1. The highest BCUT2D eigenvalue weighted by atomic mass is 28.4. The lowest BCUT2D eigenvalue weighted by Gasteiger charge is -2.30. The van der Waals surface area contributed by atoms with E-state index in [-0.39, 0.29) is 0 Å². The molecule has 4 nitrogen and oxygen atoms in total. The summed E-state index contributed by atoms with van der Waals surface area (Å²) in [5.41, 5.74) is 1.80. The molecule has 0 aliphatic rings. The highest BCUT2D eigenvalue weighted by Gasteiger charge is 2.45. The molecule has 0 aliphatic heterocycles. The molecule has 0 unspecified atom stereocenters. The predicted octanol–water partition coefficient (Wildman–Crippen LogP) is 3.36. The van der Waals surface area contributed by atoms with Crippen molar-refractivity contribution in [2.24, 2.45) is 5.16 Å². The van der Waals surface area contributed by atoms with Gasteiger partial charge in [0.05, 0.1) is 17.3 Å². The van der Waals surface area contributed by atoms with Crippen molar-refractivity contribution in [3.8, 4) is 6.07 Å². The van der Waals surface area contributed by atoms with Crippen molar-refractivity contribution >= 4 is 29.6 Å². The molecule has 1 heterocycles. The molecule has 0 atom stereocenters. The number of rotatable bonds is 6. The van der Waals surface area contributed by atoms with Gasteiger partial charge in [0, 0.05) is 18.0 Å². The molecule has 0 bridgehead atoms. The second-order valence-electron chi connectivity index (χ2n) is 7.08. The first-order chi connectivity index (χ1) is 15.3. The third-order valence-electron chi connectivity index (χ3n) is 5.19. The molecule has 0 amide bonds. The highest BCUT2D eigenvalue weighted by molar-refractivity contribution is 7.07. The molecule has 0 spiro atoms. The minimum Gasteiger partial charge on any atom is -0.438 e. The normalized spacial score (nSPS) is 11.5. The van der Waals surface area contributed by atoms with Crippen LogP contribution in [0.25, 0.3) is 0 Å². The van der Waals surface area contributed by atoms with Crippen molar-refractivity contribution in [3.05, 3.63) is 121 Å². The van der Waals surface area contributed by atoms with Gasteiger partial charge in [0.25, 0.3) is 0 Å². The fourth-order valence-electron chi connectivity index (χ4n) is 3.64. The largest absolute Gasteiger partial charge is 0.438 e. The Morgan fingerprint density at radius 1 is 0.806 bits per heavy atom. The maximum atomic E-state index is 9.46. The second kappa shape index (κ2) is 9.20. The van der Waals surface area contributed by atoms with Gasteiger partial charge in [0.15, 0.2) is 0 Å². The van der Waals surface area contributed by atoms with Gasteiger partial charge in [0.2, 0.25) is 0 Å². The van der Waals surface area contributed by atoms with E-state index in [1.807, 2.05) is 61.5 Å². The van der Waals surface area contributed by atoms with E-state index < -0.39 is 8.32 Å². The molecule has 5 heteroatoms. The number of hydrogen-bond acceptors (Lipinski definition) is 4. The van der Waals surface area contributed by atoms with E-state index in [2.05, 4.69) is 52.6 Å². The second-order valence-corrected chi connectivity index (χ2v) is 10.4. The average molecular weight is 420 g/mol. The maximum absolute atomic E-state index is 9.46. The zero-order valence-electron chi connectivity index (χ0n) is 17.1. The Balaban J connectivity index is 1.92. The SMILES string of the molecule is C/C(=N\O[Si](c1ccccc1)(c1ccccc1)c1ccccc1)c1cnccc1C#N. The Morgan fingerprint density at radius 3 is 1.74 bits per heavy atom. The molecule has 0 fully saturated rings. The fraction of sp³-hybridized carbons (Fsp3) is 0.0385. The molecular weight excluding hydrogens is 398 g/mol. The highest BCUT2D eigenvalue weighted by Crippen LogP contribution is 2.13. The Kier molecular flexibility index (Phi) is 6.02. The van der Waals surface area contributed by atoms with E-state index in [1.165, 1.54) is 0 Å². The minimum atomic E-state index is -2.94. The van der Waals surface area contributed by atoms with Crippen LogP contribution in [0.3, 0.4) is 0 Å². The summed E-state index contributed by atoms with van der Waals surface area (Å²) in [5.74, 6) is 0. The maximum Gasteiger partial charge on any atom is 0.380 e. The predicted molar refractivity (Wildman–Crippen MR) is 126 cm³/mol. The minimum absolute atomic E-state index is 0.520. The van der Waals surface area contributed by atoms with Crippen molar-refractivity contribution in [1.82, 2.24) is 4.98 Å². The molecule has 3 aromatic carbocycles. The van der Waals surface area contributed by atoms with Crippen molar-refractivity contribution in [3.63, 3.8) is 0 Å². The topological polar surface area (TPSA) is 58.3 Å². The summed E-state index contributed by atoms with van der Waals surface area (Å²) in [6.45, 7) is 1.85. The number of aromatic nitrogens is 1. The Bertz CT molecular complexity index is 1120. The first kappa shape index (κ1) is 20.3. The van der Waals surface area contributed by atoms with Crippen LogP contribution in [0, 0.1) is 11.3 Å². The molecule has 4 rings (SSSR count). The van der Waals surface area contributed by atoms with Crippen LogP contribution >= 0.6 is 0 Å². The smallest absolute Gasteiger partial charge is 0.380 e. The van der Waals surface area contributed by atoms with E-state index in [1.54, 1.807) is 18.5 Å². The third kappa shape index (κ3) is 4.02. The Labute approximate surface area is 183 Å². The fourth-order valence-corrected chi connectivity index (χ4v) is 7.22. The molecule has 1 aromatic heterocycles. The standard InChI is InChI=1S/C26H21N3OSi/c1-21(26-20-28-18-17-22(26)19-27)29-30-31(23-11-5-2-6-12-23,24-13-7-3-8-14-24)25-15-9-4-10-16-25/h2-18,20H,1H3/b29-21+. The number of hydrogen-bond donors (Lipinski definition) is 0. The van der Waals surface area contributed by atoms with Crippen molar-refractivity contribution < 1.29 is 4.53 Å². The van der Waals surface area contributed by atoms with Gasteiger partial charge in [-0.15, -0.1) is 5.16 Å². The molecule has 150 valence electrons. The first-order valence-electron chi connectivity index (χ1n) is 9.99. The zero-order chi connectivity index (χ0) is 21.5. The van der Waals surface area contributed by atoms with Gasteiger partial charge in [-0.1, -0.05) is 91.0 Å². The number of nitrogens with zero attached hydrogens (tertiary/aromatic N) is 3. The van der Waals surface area contributed by atoms with Crippen LogP contribution in [-0.4, -0.2) is 19.0 Å². The third-order valence-corrected chi connectivity index (χ3v) is 9.00. The molecule has 0 saturated heterocycles. The van der Waals surface area contributed by atoms with Crippen molar-refractivity contribution in [2.45, 2.75) is 6.92 Å². The molecule has 0 radical (unpaired) electrons. The summed E-state index contributed by atoms with van der Waals surface area (Å²) in [6.07, 6.45) is 3.25. The molecule has 0 saturated carbocycles. The molecule has 0 N–H and O–H groups in total. The summed E-state index contributed by atoms with van der Waals surface area (Å²) in [7, 11) is -2.94. The van der Waals surface area contributed by atoms with Crippen LogP contribution in [0.4, 0.5) is 0 Å².